The van der Waals surface area contributed by atoms with E-state index in [1.165, 1.54) is 28.6 Å². The van der Waals surface area contributed by atoms with E-state index in [9.17, 15) is 4.79 Å². The van der Waals surface area contributed by atoms with E-state index in [0.29, 0.717) is 6.54 Å². The number of unbranched alkanes of at least 4 members (excludes halogenated alkanes) is 1. The number of fused-ring (bicyclic) bond motifs is 2. The maximum atomic E-state index is 10.5. The second-order valence-corrected chi connectivity index (χ2v) is 7.68. The Labute approximate surface area is 190 Å². The summed E-state index contributed by atoms with van der Waals surface area (Å²) in [6, 6.07) is 8.60. The number of para-hydroxylation sites is 1. The van der Waals surface area contributed by atoms with Gasteiger partial charge in [-0.25, -0.2) is 4.79 Å². The summed E-state index contributed by atoms with van der Waals surface area (Å²) in [5.74, 6) is -0.898. The molecule has 1 aliphatic carbocycles. The fourth-order valence-electron chi connectivity index (χ4n) is 3.66. The van der Waals surface area contributed by atoms with Gasteiger partial charge in [0, 0.05) is 35.6 Å². The fourth-order valence-corrected chi connectivity index (χ4v) is 3.84. The first-order valence-electron chi connectivity index (χ1n) is 9.75. The van der Waals surface area contributed by atoms with Crippen molar-refractivity contribution in [3.63, 3.8) is 0 Å². The van der Waals surface area contributed by atoms with Gasteiger partial charge in [0.05, 0.1) is 0 Å². The zero-order valence-electron chi connectivity index (χ0n) is 16.3. The van der Waals surface area contributed by atoms with Gasteiger partial charge < -0.3 is 14.9 Å². The molecular formula is C23H28ClLiN2O2. The van der Waals surface area contributed by atoms with E-state index in [4.69, 9.17) is 16.7 Å². The third-order valence-corrected chi connectivity index (χ3v) is 5.37. The molecule has 150 valence electrons. The van der Waals surface area contributed by atoms with Crippen molar-refractivity contribution in [2.24, 2.45) is 0 Å². The van der Waals surface area contributed by atoms with E-state index in [-0.39, 0.29) is 18.9 Å². The number of likely N-dealkylation sites (N-methyl/N-ethyl adjacent to an activating group) is 1. The number of hydrogen-bond acceptors (Lipinski definition) is 3. The number of hydrogen-bond donors (Lipinski definition) is 1. The molecule has 0 aromatic heterocycles. The van der Waals surface area contributed by atoms with Gasteiger partial charge in [-0.15, -0.1) is 0 Å². The SMILES string of the molecule is CN(C/C=C/C(=O)O)CCCCN1C2=CC(Cl)=CCC2=CCc2ccccc21.[LiH]. The van der Waals surface area contributed by atoms with E-state index in [0.717, 1.165) is 43.8 Å². The van der Waals surface area contributed by atoms with Gasteiger partial charge in [0.1, 0.15) is 0 Å². The molecule has 29 heavy (non-hydrogen) atoms. The second kappa shape index (κ2) is 11.5. The molecule has 0 spiro atoms. The van der Waals surface area contributed by atoms with Crippen molar-refractivity contribution in [2.75, 3.05) is 31.6 Å². The van der Waals surface area contributed by atoms with Crippen molar-refractivity contribution in [2.45, 2.75) is 25.7 Å². The van der Waals surface area contributed by atoms with Crippen molar-refractivity contribution >= 4 is 42.1 Å². The van der Waals surface area contributed by atoms with Crippen LogP contribution in [0.15, 0.2) is 70.9 Å². The summed E-state index contributed by atoms with van der Waals surface area (Å²) in [7, 11) is 2.02. The first kappa shape index (κ1) is 23.6. The van der Waals surface area contributed by atoms with Crippen LogP contribution >= 0.6 is 11.6 Å². The molecule has 0 fully saturated rings. The van der Waals surface area contributed by atoms with Crippen LogP contribution in [0.2, 0.25) is 0 Å². The predicted molar refractivity (Wildman–Crippen MR) is 123 cm³/mol. The Morgan fingerprint density at radius 3 is 2.83 bits per heavy atom. The van der Waals surface area contributed by atoms with Gasteiger partial charge in [-0.1, -0.05) is 48.0 Å². The summed E-state index contributed by atoms with van der Waals surface area (Å²) in [6.07, 6.45) is 13.3. The first-order valence-corrected chi connectivity index (χ1v) is 10.1. The zero-order chi connectivity index (χ0) is 19.9. The number of aliphatic carboxylic acids is 1. The second-order valence-electron chi connectivity index (χ2n) is 7.25. The molecule has 0 saturated heterocycles. The third-order valence-electron chi connectivity index (χ3n) is 5.11. The van der Waals surface area contributed by atoms with Crippen LogP contribution in [0.5, 0.6) is 0 Å². The molecular weight excluding hydrogens is 379 g/mol. The molecule has 0 unspecified atom stereocenters. The number of carbonyl (C=O) groups is 1. The van der Waals surface area contributed by atoms with Gasteiger partial charge >= 0.3 is 24.8 Å². The Kier molecular flexibility index (Phi) is 9.33. The van der Waals surface area contributed by atoms with Crippen LogP contribution in [-0.4, -0.2) is 61.5 Å². The molecule has 0 radical (unpaired) electrons. The van der Waals surface area contributed by atoms with Crippen LogP contribution in [0.3, 0.4) is 0 Å². The fraction of sp³-hybridized carbons (Fsp3) is 0.348. The quantitative estimate of drug-likeness (QED) is 0.401. The molecule has 1 heterocycles. The van der Waals surface area contributed by atoms with Crippen LogP contribution in [-0.2, 0) is 11.2 Å². The molecule has 2 aliphatic rings. The van der Waals surface area contributed by atoms with Gasteiger partial charge in [0.25, 0.3) is 0 Å². The summed E-state index contributed by atoms with van der Waals surface area (Å²) < 4.78 is 0. The standard InChI is InChI=1S/C23H27ClN2O2.Li.H/c1-25(15-6-9-23(27)28)14-4-5-16-26-21-8-3-2-7-18(21)10-11-19-12-13-20(24)17-22(19)26;;/h2-3,6-9,11,13,17H,4-5,10,12,14-16H2,1H3,(H,27,28);;/b9-6+;;. The van der Waals surface area contributed by atoms with Gasteiger partial charge in [0.15, 0.2) is 0 Å². The number of carboxylic acids is 1. The molecule has 4 nitrogen and oxygen atoms in total. The first-order chi connectivity index (χ1) is 13.5. The van der Waals surface area contributed by atoms with E-state index in [1.807, 2.05) is 7.05 Å². The average Bonchev–Trinajstić information content (AvgIpc) is 2.82. The number of rotatable bonds is 8. The van der Waals surface area contributed by atoms with Crippen molar-refractivity contribution < 1.29 is 9.90 Å². The van der Waals surface area contributed by atoms with Crippen LogP contribution in [0.25, 0.3) is 0 Å². The Bertz CT molecular complexity index is 845. The monoisotopic (exact) mass is 406 g/mol. The summed E-state index contributed by atoms with van der Waals surface area (Å²) in [6.45, 7) is 2.52. The molecule has 3 rings (SSSR count). The number of benzene rings is 1. The number of allylic oxidation sites excluding steroid dienone is 5. The van der Waals surface area contributed by atoms with Crippen molar-refractivity contribution in [1.82, 2.24) is 4.90 Å². The van der Waals surface area contributed by atoms with Gasteiger partial charge in [-0.3, -0.25) is 0 Å². The van der Waals surface area contributed by atoms with Crippen molar-refractivity contribution in [3.8, 4) is 0 Å². The minimum absolute atomic E-state index is 0. The van der Waals surface area contributed by atoms with E-state index in [1.54, 1.807) is 6.08 Å². The summed E-state index contributed by atoms with van der Waals surface area (Å²) in [5.41, 5.74) is 5.17. The Morgan fingerprint density at radius 1 is 1.24 bits per heavy atom. The third kappa shape index (κ3) is 6.66. The Balaban J connectivity index is 0.00000300. The van der Waals surface area contributed by atoms with Crippen LogP contribution in [0.1, 0.15) is 24.8 Å². The average molecular weight is 407 g/mol. The van der Waals surface area contributed by atoms with Crippen molar-refractivity contribution in [1.29, 1.82) is 0 Å². The van der Waals surface area contributed by atoms with Gasteiger partial charge in [-0.05, 0) is 62.6 Å². The molecule has 0 atom stereocenters. The van der Waals surface area contributed by atoms with Crippen LogP contribution < -0.4 is 4.90 Å². The molecule has 0 saturated carbocycles. The number of anilines is 1. The van der Waals surface area contributed by atoms with E-state index < -0.39 is 5.97 Å². The molecule has 6 heteroatoms. The molecule has 1 aromatic rings. The summed E-state index contributed by atoms with van der Waals surface area (Å²) in [5, 5.41) is 9.47. The predicted octanol–water partition coefficient (Wildman–Crippen LogP) is 4.09. The molecule has 0 bridgehead atoms. The van der Waals surface area contributed by atoms with Crippen LogP contribution in [0, 0.1) is 0 Å². The van der Waals surface area contributed by atoms with Gasteiger partial charge in [0.2, 0.25) is 0 Å². The van der Waals surface area contributed by atoms with Crippen molar-refractivity contribution in [3.05, 3.63) is 76.5 Å². The summed E-state index contributed by atoms with van der Waals surface area (Å²) in [4.78, 5) is 15.1. The normalized spacial score (nSPS) is 15.7. The number of halogens is 1. The Morgan fingerprint density at radius 2 is 2.03 bits per heavy atom. The van der Waals surface area contributed by atoms with Crippen LogP contribution in [0.4, 0.5) is 5.69 Å². The Hall–Kier alpha value is -1.70. The summed E-state index contributed by atoms with van der Waals surface area (Å²) >= 11 is 6.33. The maximum absolute atomic E-state index is 10.5. The number of nitrogens with zero attached hydrogens (tertiary/aromatic N) is 2. The molecule has 1 aromatic carbocycles. The van der Waals surface area contributed by atoms with E-state index >= 15 is 0 Å². The molecule has 1 N–H and O–H groups in total. The molecule has 0 amide bonds. The minimum atomic E-state index is -0.898. The molecule has 1 aliphatic heterocycles. The van der Waals surface area contributed by atoms with E-state index in [2.05, 4.69) is 52.3 Å². The zero-order valence-corrected chi connectivity index (χ0v) is 17.0. The van der Waals surface area contributed by atoms with Gasteiger partial charge in [-0.2, -0.15) is 0 Å². The number of carboxylic acid groups (broad SMARTS) is 1. The topological polar surface area (TPSA) is 43.8 Å².